The maximum absolute atomic E-state index is 5.96. The van der Waals surface area contributed by atoms with Gasteiger partial charge < -0.3 is 5.32 Å². The predicted molar refractivity (Wildman–Crippen MR) is 77.2 cm³/mol. The Kier molecular flexibility index (Phi) is 3.89. The van der Waals surface area contributed by atoms with Crippen LogP contribution in [-0.4, -0.2) is 11.0 Å². The van der Waals surface area contributed by atoms with Gasteiger partial charge in [0.2, 0.25) is 0 Å². The van der Waals surface area contributed by atoms with Crippen molar-refractivity contribution in [1.29, 1.82) is 0 Å². The van der Waals surface area contributed by atoms with Gasteiger partial charge in [-0.3, -0.25) is 0 Å². The van der Waals surface area contributed by atoms with Crippen LogP contribution in [0.3, 0.4) is 0 Å². The molecule has 0 saturated carbocycles. The molecule has 2 aromatic rings. The minimum Gasteiger partial charge on any atom is -0.359 e. The van der Waals surface area contributed by atoms with Crippen LogP contribution in [0.15, 0.2) is 18.2 Å². The Morgan fingerprint density at radius 2 is 2.12 bits per heavy atom. The van der Waals surface area contributed by atoms with Crippen molar-refractivity contribution < 1.29 is 0 Å². The number of fused-ring (bicyclic) bond motifs is 1. The molecule has 0 saturated heterocycles. The number of hydrogen-bond donors (Lipinski definition) is 1. The van der Waals surface area contributed by atoms with E-state index in [9.17, 15) is 0 Å². The Hall–Kier alpha value is -0.800. The fraction of sp³-hybridized carbons (Fsp3) is 0.462. The molecule has 2 rings (SSSR count). The van der Waals surface area contributed by atoms with Gasteiger partial charge in [-0.25, -0.2) is 4.98 Å². The van der Waals surface area contributed by atoms with E-state index in [-0.39, 0.29) is 0 Å². The maximum Gasteiger partial charge on any atom is 0.183 e. The van der Waals surface area contributed by atoms with Crippen LogP contribution in [0, 0.1) is 5.92 Å². The highest BCUT2D eigenvalue weighted by Gasteiger charge is 2.08. The average molecular weight is 269 g/mol. The van der Waals surface area contributed by atoms with E-state index in [4.69, 9.17) is 11.6 Å². The van der Waals surface area contributed by atoms with E-state index in [1.54, 1.807) is 11.3 Å². The molecule has 4 heteroatoms. The van der Waals surface area contributed by atoms with Gasteiger partial charge in [0.1, 0.15) is 0 Å². The second-order valence-corrected chi connectivity index (χ2v) is 6.27. The Bertz CT molecular complexity index is 507. The van der Waals surface area contributed by atoms with E-state index >= 15 is 0 Å². The van der Waals surface area contributed by atoms with Gasteiger partial charge in [0, 0.05) is 11.1 Å². The quantitative estimate of drug-likeness (QED) is 0.862. The number of anilines is 1. The smallest absolute Gasteiger partial charge is 0.183 e. The molecule has 0 aliphatic rings. The summed E-state index contributed by atoms with van der Waals surface area (Å²) in [6.45, 7) is 6.66. The first-order valence-corrected chi connectivity index (χ1v) is 7.06. The molecule has 0 bridgehead atoms. The molecule has 1 unspecified atom stereocenters. The zero-order valence-corrected chi connectivity index (χ0v) is 11.9. The molecule has 1 atom stereocenters. The van der Waals surface area contributed by atoms with Crippen LogP contribution in [0.25, 0.3) is 10.2 Å². The average Bonchev–Trinajstić information content (AvgIpc) is 2.57. The number of thiazole rings is 1. The highest BCUT2D eigenvalue weighted by atomic mass is 35.5. The first-order chi connectivity index (χ1) is 8.04. The van der Waals surface area contributed by atoms with Crippen LogP contribution in [0.5, 0.6) is 0 Å². The van der Waals surface area contributed by atoms with E-state index in [1.165, 1.54) is 0 Å². The van der Waals surface area contributed by atoms with Gasteiger partial charge in [-0.2, -0.15) is 0 Å². The third kappa shape index (κ3) is 3.33. The standard InChI is InChI=1S/C13H17ClN2S/c1-8(2)6-9(3)15-13-16-11-5-4-10(14)7-12(11)17-13/h4-5,7-9H,6H2,1-3H3,(H,15,16). The largest absolute Gasteiger partial charge is 0.359 e. The summed E-state index contributed by atoms with van der Waals surface area (Å²) in [7, 11) is 0. The summed E-state index contributed by atoms with van der Waals surface area (Å²) in [5.41, 5.74) is 1.01. The number of benzene rings is 1. The van der Waals surface area contributed by atoms with Crippen LogP contribution in [-0.2, 0) is 0 Å². The van der Waals surface area contributed by atoms with Gasteiger partial charge in [-0.05, 0) is 37.5 Å². The fourth-order valence-electron chi connectivity index (χ4n) is 1.94. The van der Waals surface area contributed by atoms with Crippen LogP contribution < -0.4 is 5.32 Å². The second kappa shape index (κ2) is 5.23. The highest BCUT2D eigenvalue weighted by molar-refractivity contribution is 7.22. The second-order valence-electron chi connectivity index (χ2n) is 4.81. The van der Waals surface area contributed by atoms with Crippen molar-refractivity contribution in [3.63, 3.8) is 0 Å². The third-order valence-electron chi connectivity index (χ3n) is 2.55. The molecule has 0 fully saturated rings. The van der Waals surface area contributed by atoms with Crippen molar-refractivity contribution in [3.05, 3.63) is 23.2 Å². The van der Waals surface area contributed by atoms with E-state index in [2.05, 4.69) is 31.1 Å². The first kappa shape index (κ1) is 12.7. The lowest BCUT2D eigenvalue weighted by Gasteiger charge is -2.14. The van der Waals surface area contributed by atoms with Crippen molar-refractivity contribution in [1.82, 2.24) is 4.98 Å². The normalized spacial score (nSPS) is 13.2. The summed E-state index contributed by atoms with van der Waals surface area (Å²) in [5.74, 6) is 0.696. The van der Waals surface area contributed by atoms with Crippen molar-refractivity contribution in [3.8, 4) is 0 Å². The number of halogens is 1. The molecule has 0 radical (unpaired) electrons. The molecule has 1 N–H and O–H groups in total. The van der Waals surface area contributed by atoms with Gasteiger partial charge in [-0.1, -0.05) is 36.8 Å². The number of nitrogens with zero attached hydrogens (tertiary/aromatic N) is 1. The van der Waals surface area contributed by atoms with Crippen LogP contribution >= 0.6 is 22.9 Å². The minimum absolute atomic E-state index is 0.450. The van der Waals surface area contributed by atoms with E-state index < -0.39 is 0 Å². The summed E-state index contributed by atoms with van der Waals surface area (Å²) in [5, 5.41) is 5.19. The zero-order valence-electron chi connectivity index (χ0n) is 10.3. The van der Waals surface area contributed by atoms with Gasteiger partial charge in [-0.15, -0.1) is 0 Å². The van der Waals surface area contributed by atoms with Gasteiger partial charge in [0.15, 0.2) is 5.13 Å². The molecule has 0 amide bonds. The Balaban J connectivity index is 2.14. The molecular weight excluding hydrogens is 252 g/mol. The number of aromatic nitrogens is 1. The van der Waals surface area contributed by atoms with Crippen LogP contribution in [0.2, 0.25) is 5.02 Å². The summed E-state index contributed by atoms with van der Waals surface area (Å²) in [4.78, 5) is 4.55. The minimum atomic E-state index is 0.450. The molecule has 0 spiro atoms. The zero-order chi connectivity index (χ0) is 12.4. The SMILES string of the molecule is CC(C)CC(C)Nc1nc2ccc(Cl)cc2s1. The van der Waals surface area contributed by atoms with E-state index in [0.717, 1.165) is 26.8 Å². The van der Waals surface area contributed by atoms with Crippen LogP contribution in [0.4, 0.5) is 5.13 Å². The molecule has 1 heterocycles. The number of nitrogens with one attached hydrogen (secondary N) is 1. The summed E-state index contributed by atoms with van der Waals surface area (Å²) >= 11 is 7.62. The molecule has 1 aromatic heterocycles. The van der Waals surface area contributed by atoms with E-state index in [0.29, 0.717) is 12.0 Å². The lowest BCUT2D eigenvalue weighted by molar-refractivity contribution is 0.539. The molecule has 92 valence electrons. The monoisotopic (exact) mass is 268 g/mol. The Morgan fingerprint density at radius 3 is 2.82 bits per heavy atom. The van der Waals surface area contributed by atoms with Crippen LogP contribution in [0.1, 0.15) is 27.2 Å². The fourth-order valence-corrected chi connectivity index (χ4v) is 3.19. The molecule has 17 heavy (non-hydrogen) atoms. The van der Waals surface area contributed by atoms with Crippen molar-refractivity contribution in [2.45, 2.75) is 33.2 Å². The molecular formula is C13H17ClN2S. The number of rotatable bonds is 4. The molecule has 1 aromatic carbocycles. The Labute approximate surface area is 111 Å². The van der Waals surface area contributed by atoms with Gasteiger partial charge in [0.25, 0.3) is 0 Å². The topological polar surface area (TPSA) is 24.9 Å². The summed E-state index contributed by atoms with van der Waals surface area (Å²) in [6.07, 6.45) is 1.15. The molecule has 0 aliphatic carbocycles. The third-order valence-corrected chi connectivity index (χ3v) is 3.73. The molecule has 0 aliphatic heterocycles. The Morgan fingerprint density at radius 1 is 1.35 bits per heavy atom. The predicted octanol–water partition coefficient (Wildman–Crippen LogP) is 4.80. The molecule has 2 nitrogen and oxygen atoms in total. The summed E-state index contributed by atoms with van der Waals surface area (Å²) in [6, 6.07) is 6.26. The van der Waals surface area contributed by atoms with Gasteiger partial charge in [0.05, 0.1) is 10.2 Å². The van der Waals surface area contributed by atoms with E-state index in [1.807, 2.05) is 18.2 Å². The van der Waals surface area contributed by atoms with Crippen molar-refractivity contribution in [2.24, 2.45) is 5.92 Å². The van der Waals surface area contributed by atoms with Gasteiger partial charge >= 0.3 is 0 Å². The summed E-state index contributed by atoms with van der Waals surface area (Å²) < 4.78 is 1.14. The van der Waals surface area contributed by atoms with Crippen molar-refractivity contribution in [2.75, 3.05) is 5.32 Å². The highest BCUT2D eigenvalue weighted by Crippen LogP contribution is 2.29. The first-order valence-electron chi connectivity index (χ1n) is 5.87. The van der Waals surface area contributed by atoms with Crippen molar-refractivity contribution >= 4 is 38.3 Å². The lowest BCUT2D eigenvalue weighted by Crippen LogP contribution is -2.17. The lowest BCUT2D eigenvalue weighted by atomic mass is 10.1. The maximum atomic E-state index is 5.96. The number of hydrogen-bond acceptors (Lipinski definition) is 3.